The second kappa shape index (κ2) is 14.6. The summed E-state index contributed by atoms with van der Waals surface area (Å²) in [6.07, 6.45) is 5.65. The molecular formula is C22H38N6O5S. The first-order chi connectivity index (χ1) is 16.0. The number of H-pyrrole nitrogens is 1. The summed E-state index contributed by atoms with van der Waals surface area (Å²) < 4.78 is 0. The van der Waals surface area contributed by atoms with Crippen molar-refractivity contribution in [2.75, 3.05) is 12.0 Å². The van der Waals surface area contributed by atoms with Crippen LogP contribution in [0.1, 0.15) is 46.2 Å². The molecule has 0 aliphatic heterocycles. The SMILES string of the molecule is CSCCC(N)C(=O)NC(C(=O)NC(Cc1cnc[nH]1)C(=O)NC(CC(C)C)C(=O)O)C(C)C. The molecule has 7 N–H and O–H groups in total. The molecular weight excluding hydrogens is 460 g/mol. The van der Waals surface area contributed by atoms with Crippen molar-refractivity contribution in [3.8, 4) is 0 Å². The summed E-state index contributed by atoms with van der Waals surface area (Å²) in [5.74, 6) is -2.32. The number of aromatic amines is 1. The smallest absolute Gasteiger partial charge is 0.326 e. The lowest BCUT2D eigenvalue weighted by atomic mass is 10.0. The lowest BCUT2D eigenvalue weighted by Crippen LogP contribution is -2.59. The van der Waals surface area contributed by atoms with E-state index >= 15 is 0 Å². The van der Waals surface area contributed by atoms with Gasteiger partial charge in [-0.1, -0.05) is 27.7 Å². The Bertz CT molecular complexity index is 802. The summed E-state index contributed by atoms with van der Waals surface area (Å²) in [4.78, 5) is 57.0. The van der Waals surface area contributed by atoms with E-state index in [1.54, 1.807) is 25.6 Å². The van der Waals surface area contributed by atoms with Crippen molar-refractivity contribution < 1.29 is 24.3 Å². The predicted octanol–water partition coefficient (Wildman–Crippen LogP) is 0.274. The number of amides is 3. The van der Waals surface area contributed by atoms with Crippen molar-refractivity contribution >= 4 is 35.5 Å². The predicted molar refractivity (Wildman–Crippen MR) is 131 cm³/mol. The van der Waals surface area contributed by atoms with Gasteiger partial charge >= 0.3 is 5.97 Å². The highest BCUT2D eigenvalue weighted by Gasteiger charge is 2.32. The third-order valence-corrected chi connectivity index (χ3v) is 5.79. The Morgan fingerprint density at radius 2 is 1.71 bits per heavy atom. The van der Waals surface area contributed by atoms with Gasteiger partial charge in [-0.2, -0.15) is 11.8 Å². The van der Waals surface area contributed by atoms with Crippen LogP contribution in [0.3, 0.4) is 0 Å². The first-order valence-electron chi connectivity index (χ1n) is 11.3. The Kier molecular flexibility index (Phi) is 12.7. The zero-order chi connectivity index (χ0) is 25.8. The fraction of sp³-hybridized carbons (Fsp3) is 0.682. The molecule has 34 heavy (non-hydrogen) atoms. The van der Waals surface area contributed by atoms with Gasteiger partial charge in [0.1, 0.15) is 18.1 Å². The number of nitrogens with one attached hydrogen (secondary N) is 4. The van der Waals surface area contributed by atoms with Gasteiger partial charge in [0.15, 0.2) is 0 Å². The van der Waals surface area contributed by atoms with Gasteiger partial charge in [0.25, 0.3) is 0 Å². The molecule has 0 fully saturated rings. The van der Waals surface area contributed by atoms with Gasteiger partial charge in [0.2, 0.25) is 17.7 Å². The van der Waals surface area contributed by atoms with Crippen LogP contribution in [0, 0.1) is 11.8 Å². The van der Waals surface area contributed by atoms with E-state index in [-0.39, 0.29) is 24.7 Å². The molecule has 0 saturated carbocycles. The maximum Gasteiger partial charge on any atom is 0.326 e. The maximum absolute atomic E-state index is 13.1. The zero-order valence-corrected chi connectivity index (χ0v) is 21.3. The number of nitrogens with two attached hydrogens (primary N) is 1. The normalized spacial score (nSPS) is 14.8. The highest BCUT2D eigenvalue weighted by molar-refractivity contribution is 7.98. The number of rotatable bonds is 15. The van der Waals surface area contributed by atoms with Crippen LogP contribution < -0.4 is 21.7 Å². The Morgan fingerprint density at radius 1 is 1.06 bits per heavy atom. The molecule has 1 heterocycles. The number of carboxylic acid groups (broad SMARTS) is 1. The molecule has 12 heteroatoms. The monoisotopic (exact) mass is 498 g/mol. The van der Waals surface area contributed by atoms with Crippen LogP contribution >= 0.6 is 11.8 Å². The molecule has 0 spiro atoms. The van der Waals surface area contributed by atoms with Crippen LogP contribution in [0.4, 0.5) is 0 Å². The third-order valence-electron chi connectivity index (χ3n) is 5.15. The second-order valence-corrected chi connectivity index (χ2v) is 9.97. The number of imidazole rings is 1. The van der Waals surface area contributed by atoms with Gasteiger partial charge in [-0.05, 0) is 36.7 Å². The number of thioether (sulfide) groups is 1. The van der Waals surface area contributed by atoms with Gasteiger partial charge in [0.05, 0.1) is 12.4 Å². The van der Waals surface area contributed by atoms with Gasteiger partial charge in [-0.15, -0.1) is 0 Å². The number of aromatic nitrogens is 2. The lowest BCUT2D eigenvalue weighted by molar-refractivity contribution is -0.142. The second-order valence-electron chi connectivity index (χ2n) is 8.99. The highest BCUT2D eigenvalue weighted by atomic mass is 32.2. The molecule has 0 aromatic carbocycles. The van der Waals surface area contributed by atoms with Gasteiger partial charge in [-0.25, -0.2) is 9.78 Å². The van der Waals surface area contributed by atoms with Crippen LogP contribution in [0.15, 0.2) is 12.5 Å². The Morgan fingerprint density at radius 3 is 2.21 bits per heavy atom. The molecule has 1 aromatic rings. The number of carbonyl (C=O) groups is 4. The van der Waals surface area contributed by atoms with E-state index in [2.05, 4.69) is 25.9 Å². The quantitative estimate of drug-likeness (QED) is 0.199. The minimum Gasteiger partial charge on any atom is -0.480 e. The summed E-state index contributed by atoms with van der Waals surface area (Å²) in [7, 11) is 0. The molecule has 0 bridgehead atoms. The molecule has 0 saturated heterocycles. The van der Waals surface area contributed by atoms with E-state index in [1.165, 1.54) is 12.5 Å². The van der Waals surface area contributed by atoms with Crippen LogP contribution in [-0.4, -0.2) is 74.9 Å². The van der Waals surface area contributed by atoms with Crippen LogP contribution in [0.25, 0.3) is 0 Å². The highest BCUT2D eigenvalue weighted by Crippen LogP contribution is 2.09. The van der Waals surface area contributed by atoms with E-state index in [0.717, 1.165) is 0 Å². The minimum atomic E-state index is -1.15. The van der Waals surface area contributed by atoms with Crippen molar-refractivity contribution in [3.05, 3.63) is 18.2 Å². The van der Waals surface area contributed by atoms with Crippen molar-refractivity contribution in [3.63, 3.8) is 0 Å². The summed E-state index contributed by atoms with van der Waals surface area (Å²) >= 11 is 1.57. The number of carbonyl (C=O) groups excluding carboxylic acids is 3. The van der Waals surface area contributed by atoms with Gasteiger partial charge < -0.3 is 31.8 Å². The molecule has 1 rings (SSSR count). The van der Waals surface area contributed by atoms with E-state index in [1.807, 2.05) is 20.1 Å². The van der Waals surface area contributed by atoms with E-state index < -0.39 is 47.9 Å². The number of aliphatic carboxylic acids is 1. The molecule has 1 aromatic heterocycles. The van der Waals surface area contributed by atoms with E-state index in [0.29, 0.717) is 17.9 Å². The molecule has 0 aliphatic rings. The molecule has 4 atom stereocenters. The van der Waals surface area contributed by atoms with E-state index in [9.17, 15) is 24.3 Å². The Balaban J connectivity index is 3.00. The average Bonchev–Trinajstić information content (AvgIpc) is 3.26. The van der Waals surface area contributed by atoms with Crippen molar-refractivity contribution in [2.45, 2.75) is 71.1 Å². The molecule has 4 unspecified atom stereocenters. The summed E-state index contributed by atoms with van der Waals surface area (Å²) in [6.45, 7) is 7.24. The summed E-state index contributed by atoms with van der Waals surface area (Å²) in [5, 5.41) is 17.4. The molecule has 0 aliphatic carbocycles. The van der Waals surface area contributed by atoms with E-state index in [4.69, 9.17) is 5.73 Å². The fourth-order valence-corrected chi connectivity index (χ4v) is 3.71. The first-order valence-corrected chi connectivity index (χ1v) is 12.7. The topological polar surface area (TPSA) is 179 Å². The Labute approximate surface area is 204 Å². The molecule has 0 radical (unpaired) electrons. The summed E-state index contributed by atoms with van der Waals surface area (Å²) in [5.41, 5.74) is 6.51. The molecule has 192 valence electrons. The standard InChI is InChI=1S/C22H38N6O5S/c1-12(2)8-17(22(32)33)27-20(30)16(9-14-10-24-11-25-14)26-21(31)18(13(3)4)28-19(29)15(23)6-7-34-5/h10-13,15-18H,6-9,23H2,1-5H3,(H,24,25)(H,26,31)(H,27,30)(H,28,29)(H,32,33). The van der Waals surface area contributed by atoms with Crippen molar-refractivity contribution in [1.82, 2.24) is 25.9 Å². The number of hydrogen-bond acceptors (Lipinski definition) is 7. The zero-order valence-electron chi connectivity index (χ0n) is 20.5. The van der Waals surface area contributed by atoms with Crippen LogP contribution in [0.2, 0.25) is 0 Å². The average molecular weight is 499 g/mol. The number of carboxylic acids is 1. The number of nitrogens with zero attached hydrogens (tertiary/aromatic N) is 1. The van der Waals surface area contributed by atoms with Crippen molar-refractivity contribution in [2.24, 2.45) is 17.6 Å². The molecule has 3 amide bonds. The lowest BCUT2D eigenvalue weighted by Gasteiger charge is -2.27. The van der Waals surface area contributed by atoms with Gasteiger partial charge in [0, 0.05) is 18.3 Å². The minimum absolute atomic E-state index is 0.0397. The van der Waals surface area contributed by atoms with Crippen LogP contribution in [-0.2, 0) is 25.6 Å². The maximum atomic E-state index is 13.1. The van der Waals surface area contributed by atoms with Crippen LogP contribution in [0.5, 0.6) is 0 Å². The van der Waals surface area contributed by atoms with Gasteiger partial charge in [-0.3, -0.25) is 14.4 Å². The van der Waals surface area contributed by atoms with Crippen molar-refractivity contribution in [1.29, 1.82) is 0 Å². The first kappa shape index (κ1) is 29.4. The number of hydrogen-bond donors (Lipinski definition) is 6. The third kappa shape index (κ3) is 10.1. The summed E-state index contributed by atoms with van der Waals surface area (Å²) in [6, 6.07) is -3.84. The Hall–Kier alpha value is -2.60. The molecule has 11 nitrogen and oxygen atoms in total. The largest absolute Gasteiger partial charge is 0.480 e. The fourth-order valence-electron chi connectivity index (χ4n) is 3.22.